The highest BCUT2D eigenvalue weighted by atomic mass is 35.5. The van der Waals surface area contributed by atoms with Crippen LogP contribution in [0.4, 0.5) is 23.1 Å². The molecule has 0 radical (unpaired) electrons. The molecule has 2 aromatic rings. The minimum Gasteiger partial charge on any atom is -0.392 e. The first kappa shape index (κ1) is 20.8. The van der Waals surface area contributed by atoms with Crippen LogP contribution >= 0.6 is 11.6 Å². The summed E-state index contributed by atoms with van der Waals surface area (Å²) in [7, 11) is 0. The van der Waals surface area contributed by atoms with Gasteiger partial charge in [-0.2, -0.15) is 4.98 Å². The highest BCUT2D eigenvalue weighted by molar-refractivity contribution is 6.30. The topological polar surface area (TPSA) is 108 Å². The largest absolute Gasteiger partial charge is 0.392 e. The zero-order chi connectivity index (χ0) is 21.1. The average Bonchev–Trinajstić information content (AvgIpc) is 2.75. The van der Waals surface area contributed by atoms with E-state index in [1.54, 1.807) is 24.3 Å². The molecule has 2 fully saturated rings. The summed E-state index contributed by atoms with van der Waals surface area (Å²) in [5, 5.41) is 25.2. The van der Waals surface area contributed by atoms with Crippen LogP contribution in [0.2, 0.25) is 5.02 Å². The average molecular weight is 433 g/mol. The Hall–Kier alpha value is -2.49. The number of likely N-dealkylation sites (tertiary alicyclic amines) is 1. The van der Waals surface area contributed by atoms with Crippen LogP contribution in [0.15, 0.2) is 30.5 Å². The number of nitrogens with one attached hydrogen (secondary N) is 1. The predicted octanol–water partition coefficient (Wildman–Crippen LogP) is 3.21. The second-order valence-corrected chi connectivity index (χ2v) is 8.24. The van der Waals surface area contributed by atoms with E-state index in [0.29, 0.717) is 42.5 Å². The van der Waals surface area contributed by atoms with Crippen molar-refractivity contribution in [3.63, 3.8) is 0 Å². The van der Waals surface area contributed by atoms with Gasteiger partial charge in [-0.25, -0.2) is 4.98 Å². The Morgan fingerprint density at radius 3 is 2.57 bits per heavy atom. The molecule has 0 amide bonds. The van der Waals surface area contributed by atoms with Gasteiger partial charge in [-0.1, -0.05) is 11.6 Å². The summed E-state index contributed by atoms with van der Waals surface area (Å²) in [5.41, 5.74) is 0.657. The molecule has 160 valence electrons. The lowest BCUT2D eigenvalue weighted by Crippen LogP contribution is -2.49. The molecule has 2 aliphatic heterocycles. The maximum atomic E-state index is 11.5. The minimum atomic E-state index is -0.436. The van der Waals surface area contributed by atoms with E-state index in [2.05, 4.69) is 20.2 Å². The molecule has 0 bridgehead atoms. The second kappa shape index (κ2) is 9.11. The normalized spacial score (nSPS) is 20.9. The highest BCUT2D eigenvalue weighted by Crippen LogP contribution is 2.31. The maximum Gasteiger partial charge on any atom is 0.329 e. The van der Waals surface area contributed by atoms with Crippen LogP contribution in [0.25, 0.3) is 0 Å². The number of nitro groups is 1. The number of aromatic nitrogens is 2. The molecule has 0 saturated carbocycles. The van der Waals surface area contributed by atoms with Crippen LogP contribution in [0.1, 0.15) is 25.7 Å². The number of β-amino-alcohol motifs (C(OH)–C–C–N with tert-alkyl or cyclic N) is 1. The van der Waals surface area contributed by atoms with Crippen molar-refractivity contribution in [3.05, 3.63) is 45.6 Å². The number of rotatable bonds is 5. The molecule has 30 heavy (non-hydrogen) atoms. The number of benzene rings is 1. The Balaban J connectivity index is 1.48. The van der Waals surface area contributed by atoms with Gasteiger partial charge in [0.25, 0.3) is 0 Å². The SMILES string of the molecule is O=[N+]([O-])c1cnc(Nc2ccc(Cl)cc2)nc1N1CCC(N2CCCC(O)C2)CC1. The van der Waals surface area contributed by atoms with Gasteiger partial charge in [0.05, 0.1) is 11.0 Å². The van der Waals surface area contributed by atoms with Crippen molar-refractivity contribution >= 4 is 34.7 Å². The first-order valence-electron chi connectivity index (χ1n) is 10.2. The van der Waals surface area contributed by atoms with E-state index >= 15 is 0 Å². The molecule has 1 atom stereocenters. The number of hydrogen-bond acceptors (Lipinski definition) is 8. The number of nitrogens with zero attached hydrogens (tertiary/aromatic N) is 5. The van der Waals surface area contributed by atoms with E-state index in [1.807, 2.05) is 4.90 Å². The summed E-state index contributed by atoms with van der Waals surface area (Å²) >= 11 is 5.91. The highest BCUT2D eigenvalue weighted by Gasteiger charge is 2.31. The third-order valence-electron chi connectivity index (χ3n) is 5.76. The third-order valence-corrected chi connectivity index (χ3v) is 6.01. The van der Waals surface area contributed by atoms with Crippen LogP contribution in [-0.4, -0.2) is 63.2 Å². The molecule has 2 aliphatic rings. The molecule has 1 aromatic carbocycles. The quantitative estimate of drug-likeness (QED) is 0.547. The molecule has 9 nitrogen and oxygen atoms in total. The number of aliphatic hydroxyl groups excluding tert-OH is 1. The van der Waals surface area contributed by atoms with Crippen molar-refractivity contribution in [3.8, 4) is 0 Å². The van der Waals surface area contributed by atoms with Crippen molar-refractivity contribution in [2.75, 3.05) is 36.4 Å². The van der Waals surface area contributed by atoms with E-state index in [0.717, 1.165) is 37.9 Å². The van der Waals surface area contributed by atoms with E-state index in [-0.39, 0.29) is 11.8 Å². The number of aliphatic hydroxyl groups is 1. The fraction of sp³-hybridized carbons (Fsp3) is 0.500. The van der Waals surface area contributed by atoms with Crippen molar-refractivity contribution in [1.82, 2.24) is 14.9 Å². The summed E-state index contributed by atoms with van der Waals surface area (Å²) in [6.07, 6.45) is 4.65. The monoisotopic (exact) mass is 432 g/mol. The zero-order valence-corrected chi connectivity index (χ0v) is 17.3. The molecular formula is C20H25ClN6O3. The Kier molecular flexibility index (Phi) is 6.31. The number of halogens is 1. The molecule has 1 aromatic heterocycles. The molecule has 2 saturated heterocycles. The third kappa shape index (κ3) is 4.80. The summed E-state index contributed by atoms with van der Waals surface area (Å²) in [6.45, 7) is 3.07. The Bertz CT molecular complexity index is 889. The van der Waals surface area contributed by atoms with Gasteiger partial charge >= 0.3 is 5.69 Å². The Labute approximate surface area is 179 Å². The predicted molar refractivity (Wildman–Crippen MR) is 115 cm³/mol. The van der Waals surface area contributed by atoms with Gasteiger partial charge in [0, 0.05) is 36.4 Å². The van der Waals surface area contributed by atoms with E-state index in [4.69, 9.17) is 11.6 Å². The summed E-state index contributed by atoms with van der Waals surface area (Å²) in [6, 6.07) is 7.48. The maximum absolute atomic E-state index is 11.5. The first-order valence-corrected chi connectivity index (χ1v) is 10.6. The van der Waals surface area contributed by atoms with Gasteiger partial charge in [0.15, 0.2) is 0 Å². The van der Waals surface area contributed by atoms with E-state index < -0.39 is 4.92 Å². The first-order chi connectivity index (χ1) is 14.5. The lowest BCUT2D eigenvalue weighted by molar-refractivity contribution is -0.384. The van der Waals surface area contributed by atoms with Gasteiger partial charge in [0.1, 0.15) is 6.20 Å². The standard InChI is InChI=1S/C20H25ClN6O3/c21-14-3-5-15(6-4-14)23-20-22-12-18(27(29)30)19(24-20)25-10-7-16(8-11-25)26-9-1-2-17(28)13-26/h3-6,12,16-17,28H,1-2,7-11,13H2,(H,22,23,24). The fourth-order valence-electron chi connectivity index (χ4n) is 4.21. The second-order valence-electron chi connectivity index (χ2n) is 7.80. The van der Waals surface area contributed by atoms with Crippen molar-refractivity contribution in [2.45, 2.75) is 37.8 Å². The fourth-order valence-corrected chi connectivity index (χ4v) is 4.33. The van der Waals surface area contributed by atoms with Crippen LogP contribution in [0, 0.1) is 10.1 Å². The van der Waals surface area contributed by atoms with Gasteiger partial charge in [-0.15, -0.1) is 0 Å². The van der Waals surface area contributed by atoms with Gasteiger partial charge in [-0.3, -0.25) is 15.0 Å². The van der Waals surface area contributed by atoms with Gasteiger partial charge in [-0.05, 0) is 56.5 Å². The molecular weight excluding hydrogens is 408 g/mol. The Morgan fingerprint density at radius 2 is 1.90 bits per heavy atom. The zero-order valence-electron chi connectivity index (χ0n) is 16.6. The summed E-state index contributed by atoms with van der Waals surface area (Å²) in [4.78, 5) is 24.0. The lowest BCUT2D eigenvalue weighted by atomic mass is 9.99. The van der Waals surface area contributed by atoms with Crippen molar-refractivity contribution in [2.24, 2.45) is 0 Å². The van der Waals surface area contributed by atoms with Crippen LogP contribution in [0.3, 0.4) is 0 Å². The molecule has 4 rings (SSSR count). The number of piperidine rings is 2. The molecule has 2 N–H and O–H groups in total. The molecule has 3 heterocycles. The van der Waals surface area contributed by atoms with Gasteiger partial charge in [0.2, 0.25) is 11.8 Å². The van der Waals surface area contributed by atoms with Crippen molar-refractivity contribution < 1.29 is 10.0 Å². The molecule has 10 heteroatoms. The molecule has 0 spiro atoms. The lowest BCUT2D eigenvalue weighted by Gasteiger charge is -2.41. The van der Waals surface area contributed by atoms with Gasteiger partial charge < -0.3 is 15.3 Å². The van der Waals surface area contributed by atoms with E-state index in [9.17, 15) is 15.2 Å². The van der Waals surface area contributed by atoms with Crippen LogP contribution in [0.5, 0.6) is 0 Å². The van der Waals surface area contributed by atoms with E-state index in [1.165, 1.54) is 6.20 Å². The Morgan fingerprint density at radius 1 is 1.17 bits per heavy atom. The smallest absolute Gasteiger partial charge is 0.329 e. The van der Waals surface area contributed by atoms with Crippen LogP contribution < -0.4 is 10.2 Å². The number of anilines is 3. The summed E-state index contributed by atoms with van der Waals surface area (Å²) in [5.74, 6) is 0.641. The van der Waals surface area contributed by atoms with Crippen LogP contribution in [-0.2, 0) is 0 Å². The molecule has 1 unspecified atom stereocenters. The summed E-state index contributed by atoms with van der Waals surface area (Å²) < 4.78 is 0. The molecule has 0 aliphatic carbocycles. The van der Waals surface area contributed by atoms with Crippen molar-refractivity contribution in [1.29, 1.82) is 0 Å². The number of hydrogen-bond donors (Lipinski definition) is 2. The minimum absolute atomic E-state index is 0.0940.